The number of nitrogens with zero attached hydrogens (tertiary/aromatic N) is 1. The topological polar surface area (TPSA) is 60.5 Å². The van der Waals surface area contributed by atoms with Crippen LogP contribution in [0.4, 0.5) is 5.82 Å². The van der Waals surface area contributed by atoms with Crippen LogP contribution in [0.3, 0.4) is 0 Å². The van der Waals surface area contributed by atoms with Crippen molar-refractivity contribution in [2.45, 2.75) is 25.9 Å². The molecule has 1 aromatic carbocycles. The Kier molecular flexibility index (Phi) is 4.23. The maximum absolute atomic E-state index is 12.0. The number of aryl methyl sites for hydroxylation is 1. The summed E-state index contributed by atoms with van der Waals surface area (Å²) in [5.74, 6) is 2.00. The van der Waals surface area contributed by atoms with Crippen molar-refractivity contribution in [1.29, 1.82) is 0 Å². The molecule has 0 fully saturated rings. The largest absolute Gasteiger partial charge is 0.486 e. The second-order valence-corrected chi connectivity index (χ2v) is 5.30. The first kappa shape index (κ1) is 14.4. The Balaban J connectivity index is 1.50. The van der Waals surface area contributed by atoms with Crippen molar-refractivity contribution < 1.29 is 14.3 Å². The lowest BCUT2D eigenvalue weighted by Gasteiger charge is -2.26. The highest BCUT2D eigenvalue weighted by atomic mass is 16.6. The minimum absolute atomic E-state index is 0.0689. The van der Waals surface area contributed by atoms with Gasteiger partial charge in [-0.25, -0.2) is 4.98 Å². The van der Waals surface area contributed by atoms with Gasteiger partial charge >= 0.3 is 0 Å². The minimum Gasteiger partial charge on any atom is -0.486 e. The molecule has 1 aromatic heterocycles. The Morgan fingerprint density at radius 3 is 2.95 bits per heavy atom. The van der Waals surface area contributed by atoms with E-state index in [0.29, 0.717) is 25.3 Å². The van der Waals surface area contributed by atoms with Gasteiger partial charge in [-0.15, -0.1) is 0 Å². The molecule has 0 saturated carbocycles. The van der Waals surface area contributed by atoms with Gasteiger partial charge in [-0.2, -0.15) is 0 Å². The third-order valence-electron chi connectivity index (χ3n) is 3.44. The highest BCUT2D eigenvalue weighted by Gasteiger charge is 2.21. The minimum atomic E-state index is -0.105. The zero-order chi connectivity index (χ0) is 15.4. The fourth-order valence-electron chi connectivity index (χ4n) is 2.31. The lowest BCUT2D eigenvalue weighted by molar-refractivity contribution is -0.116. The first-order valence-electron chi connectivity index (χ1n) is 7.32. The molecule has 0 spiro atoms. The number of aromatic nitrogens is 1. The van der Waals surface area contributed by atoms with Crippen LogP contribution in [0.15, 0.2) is 42.6 Å². The fourth-order valence-corrected chi connectivity index (χ4v) is 2.31. The van der Waals surface area contributed by atoms with E-state index in [4.69, 9.17) is 9.47 Å². The molecular formula is C17H18N2O3. The van der Waals surface area contributed by atoms with Gasteiger partial charge in [0.1, 0.15) is 18.5 Å². The molecule has 1 amide bonds. The maximum Gasteiger partial charge on any atom is 0.225 e. The van der Waals surface area contributed by atoms with Crippen molar-refractivity contribution >= 4 is 11.7 Å². The van der Waals surface area contributed by atoms with Crippen LogP contribution in [-0.4, -0.2) is 23.6 Å². The zero-order valence-electron chi connectivity index (χ0n) is 12.4. The van der Waals surface area contributed by atoms with E-state index in [1.165, 1.54) is 0 Å². The van der Waals surface area contributed by atoms with Gasteiger partial charge in [0.2, 0.25) is 5.91 Å². The zero-order valence-corrected chi connectivity index (χ0v) is 12.4. The van der Waals surface area contributed by atoms with Crippen LogP contribution in [-0.2, 0) is 4.79 Å². The molecule has 0 bridgehead atoms. The molecule has 0 aliphatic carbocycles. The molecular weight excluding hydrogens is 280 g/mol. The quantitative estimate of drug-likeness (QED) is 0.942. The number of amides is 1. The van der Waals surface area contributed by atoms with Crippen LogP contribution in [0.2, 0.25) is 0 Å². The van der Waals surface area contributed by atoms with Crippen LogP contribution in [0.5, 0.6) is 11.5 Å². The number of carbonyl (C=O) groups is 1. The van der Waals surface area contributed by atoms with Gasteiger partial charge in [0.25, 0.3) is 0 Å². The molecule has 0 radical (unpaired) electrons. The molecule has 1 atom stereocenters. The summed E-state index contributed by atoms with van der Waals surface area (Å²) < 4.78 is 11.5. The van der Waals surface area contributed by atoms with E-state index in [1.54, 1.807) is 6.20 Å². The third kappa shape index (κ3) is 3.55. The van der Waals surface area contributed by atoms with Crippen molar-refractivity contribution in [3.8, 4) is 11.5 Å². The highest BCUT2D eigenvalue weighted by Crippen LogP contribution is 2.31. The van der Waals surface area contributed by atoms with Gasteiger partial charge in [0.05, 0.1) is 0 Å². The molecule has 114 valence electrons. The molecule has 1 aliphatic heterocycles. The van der Waals surface area contributed by atoms with E-state index in [0.717, 1.165) is 17.1 Å². The van der Waals surface area contributed by atoms with Crippen molar-refractivity contribution in [2.75, 3.05) is 11.9 Å². The van der Waals surface area contributed by atoms with Crippen molar-refractivity contribution in [1.82, 2.24) is 4.98 Å². The summed E-state index contributed by atoms with van der Waals surface area (Å²) in [5.41, 5.74) is 1.06. The monoisotopic (exact) mass is 298 g/mol. The number of rotatable bonds is 4. The fraction of sp³-hybridized carbons (Fsp3) is 0.294. The van der Waals surface area contributed by atoms with Gasteiger partial charge in [-0.3, -0.25) is 4.79 Å². The van der Waals surface area contributed by atoms with E-state index in [-0.39, 0.29) is 12.0 Å². The summed E-state index contributed by atoms with van der Waals surface area (Å²) in [5, 5.41) is 2.80. The molecule has 1 aliphatic rings. The van der Waals surface area contributed by atoms with Crippen molar-refractivity contribution in [3.63, 3.8) is 0 Å². The van der Waals surface area contributed by atoms with Gasteiger partial charge in [-0.05, 0) is 43.2 Å². The average Bonchev–Trinajstić information content (AvgIpc) is 2.53. The number of ether oxygens (including phenoxy) is 2. The summed E-state index contributed by atoms with van der Waals surface area (Å²) in [7, 11) is 0. The van der Waals surface area contributed by atoms with Gasteiger partial charge < -0.3 is 14.8 Å². The van der Waals surface area contributed by atoms with Gasteiger partial charge in [-0.1, -0.05) is 12.1 Å². The van der Waals surface area contributed by atoms with Crippen LogP contribution < -0.4 is 14.8 Å². The van der Waals surface area contributed by atoms with E-state index < -0.39 is 0 Å². The second-order valence-electron chi connectivity index (χ2n) is 5.30. The Morgan fingerprint density at radius 2 is 2.14 bits per heavy atom. The molecule has 5 heteroatoms. The van der Waals surface area contributed by atoms with Gasteiger partial charge in [0.15, 0.2) is 11.5 Å². The Hall–Kier alpha value is -2.56. The summed E-state index contributed by atoms with van der Waals surface area (Å²) >= 11 is 0. The predicted molar refractivity (Wildman–Crippen MR) is 83.2 cm³/mol. The van der Waals surface area contributed by atoms with E-state index in [9.17, 15) is 4.79 Å². The van der Waals surface area contributed by atoms with Crippen molar-refractivity contribution in [2.24, 2.45) is 0 Å². The number of fused-ring (bicyclic) bond motifs is 1. The van der Waals surface area contributed by atoms with Crippen LogP contribution >= 0.6 is 0 Å². The molecule has 22 heavy (non-hydrogen) atoms. The number of hydrogen-bond acceptors (Lipinski definition) is 4. The first-order chi connectivity index (χ1) is 10.7. The summed E-state index contributed by atoms with van der Waals surface area (Å²) in [6.45, 7) is 2.43. The number of anilines is 1. The maximum atomic E-state index is 12.0. The number of nitrogens with one attached hydrogen (secondary N) is 1. The number of hydrogen-bond donors (Lipinski definition) is 1. The molecule has 0 saturated heterocycles. The lowest BCUT2D eigenvalue weighted by atomic mass is 10.1. The summed E-state index contributed by atoms with van der Waals surface area (Å²) in [6.07, 6.45) is 2.55. The average molecular weight is 298 g/mol. The summed E-state index contributed by atoms with van der Waals surface area (Å²) in [6, 6.07) is 11.3. The SMILES string of the molecule is Cc1ccnc(NC(=O)CC[C@@H]2COc3ccccc3O2)c1. The third-order valence-corrected chi connectivity index (χ3v) is 3.44. The normalized spacial score (nSPS) is 16.1. The van der Waals surface area contributed by atoms with Gasteiger partial charge in [0, 0.05) is 12.6 Å². The molecule has 2 heterocycles. The van der Waals surface area contributed by atoms with Crippen LogP contribution in [0, 0.1) is 6.92 Å². The Bertz CT molecular complexity index is 672. The predicted octanol–water partition coefficient (Wildman–Crippen LogP) is 2.95. The number of benzene rings is 1. The number of carbonyl (C=O) groups excluding carboxylic acids is 1. The highest BCUT2D eigenvalue weighted by molar-refractivity contribution is 5.89. The lowest BCUT2D eigenvalue weighted by Crippen LogP contribution is -2.30. The standard InChI is InChI=1S/C17H18N2O3/c1-12-8-9-18-16(10-12)19-17(20)7-6-13-11-21-14-4-2-3-5-15(14)22-13/h2-5,8-10,13H,6-7,11H2,1H3,(H,18,19,20)/t13-/m1/s1. The number of pyridine rings is 1. The molecule has 2 aromatic rings. The van der Waals surface area contributed by atoms with Crippen LogP contribution in [0.25, 0.3) is 0 Å². The first-order valence-corrected chi connectivity index (χ1v) is 7.32. The van der Waals surface area contributed by atoms with E-state index in [1.807, 2.05) is 43.3 Å². The van der Waals surface area contributed by atoms with E-state index in [2.05, 4.69) is 10.3 Å². The van der Waals surface area contributed by atoms with Crippen molar-refractivity contribution in [3.05, 3.63) is 48.2 Å². The molecule has 5 nitrogen and oxygen atoms in total. The van der Waals surface area contributed by atoms with E-state index >= 15 is 0 Å². The summed E-state index contributed by atoms with van der Waals surface area (Å²) in [4.78, 5) is 16.1. The second kappa shape index (κ2) is 6.47. The molecule has 1 N–H and O–H groups in total. The molecule has 3 rings (SSSR count). The smallest absolute Gasteiger partial charge is 0.225 e. The number of para-hydroxylation sites is 2. The molecule has 0 unspecified atom stereocenters. The Labute approximate surface area is 129 Å². The Morgan fingerprint density at radius 1 is 1.32 bits per heavy atom. The van der Waals surface area contributed by atoms with Crippen LogP contribution in [0.1, 0.15) is 18.4 Å².